The number of aromatic hydroxyl groups is 2. The molecule has 0 unspecified atom stereocenters. The van der Waals surface area contributed by atoms with Crippen LogP contribution in [-0.4, -0.2) is 53.7 Å². The highest BCUT2D eigenvalue weighted by Gasteiger charge is 2.27. The lowest BCUT2D eigenvalue weighted by atomic mass is 9.88. The van der Waals surface area contributed by atoms with E-state index in [4.69, 9.17) is 14.3 Å². The quantitative estimate of drug-likeness (QED) is 0.170. The second-order valence-corrected chi connectivity index (χ2v) is 12.4. The van der Waals surface area contributed by atoms with E-state index in [1.165, 1.54) is 39.9 Å². The van der Waals surface area contributed by atoms with Gasteiger partial charge in [0.15, 0.2) is 0 Å². The molecule has 0 saturated heterocycles. The summed E-state index contributed by atoms with van der Waals surface area (Å²) in [6, 6.07) is 20.0. The number of unbranched alkanes of at least 4 members (excludes halogenated alkanes) is 1. The average Bonchev–Trinajstić information content (AvgIpc) is 3.40. The van der Waals surface area contributed by atoms with Crippen LogP contribution in [0.3, 0.4) is 0 Å². The molecule has 0 spiro atoms. The topological polar surface area (TPSA) is 96.4 Å². The van der Waals surface area contributed by atoms with Crippen LogP contribution >= 0.6 is 0 Å². The third kappa shape index (κ3) is 6.02. The van der Waals surface area contributed by atoms with E-state index in [-0.39, 0.29) is 18.2 Å². The number of anilines is 1. The van der Waals surface area contributed by atoms with Crippen molar-refractivity contribution in [2.24, 2.45) is 0 Å². The summed E-state index contributed by atoms with van der Waals surface area (Å²) in [5.41, 5.74) is 7.49. The van der Waals surface area contributed by atoms with Crippen molar-refractivity contribution < 1.29 is 29.3 Å². The first-order valence-corrected chi connectivity index (χ1v) is 16.9. The van der Waals surface area contributed by atoms with E-state index in [1.54, 1.807) is 0 Å². The lowest BCUT2D eigenvalue weighted by Gasteiger charge is -2.32. The van der Waals surface area contributed by atoms with Gasteiger partial charge in [-0.05, 0) is 81.3 Å². The molecule has 9 nitrogen and oxygen atoms in total. The molecule has 3 aliphatic heterocycles. The summed E-state index contributed by atoms with van der Waals surface area (Å²) >= 11 is 0. The Bertz CT molecular complexity index is 1930. The summed E-state index contributed by atoms with van der Waals surface area (Å²) < 4.78 is 15.9. The third-order valence-corrected chi connectivity index (χ3v) is 9.49. The van der Waals surface area contributed by atoms with E-state index in [2.05, 4.69) is 59.7 Å². The van der Waals surface area contributed by atoms with Crippen molar-refractivity contribution in [2.45, 2.75) is 58.8 Å². The number of carbonyl (C=O) groups excluding carboxylic acids is 1. The molecular formula is C38H42N3O6+. The van der Waals surface area contributed by atoms with Crippen molar-refractivity contribution in [1.82, 2.24) is 9.31 Å². The van der Waals surface area contributed by atoms with E-state index < -0.39 is 5.97 Å². The molecule has 0 atom stereocenters. The maximum Gasteiger partial charge on any atom is 0.333 e. The van der Waals surface area contributed by atoms with Crippen LogP contribution in [0.4, 0.5) is 5.69 Å². The monoisotopic (exact) mass is 636 g/mol. The molecular weight excluding hydrogens is 594 g/mol. The Kier molecular flexibility index (Phi) is 8.54. The standard InChI is InChI=1S/C38H41N3O6/c1-3-39-18-7-9-26-21-29-33(23-31(26)39)46-34-24-32-27(10-8-19-40(32)4-2)22-30(34)38(29)25-12-14-28(15-13-25)45-20-6-5-11-37(44)47-41-35(42)16-17-36(41)43/h12-17,21-24H,3-11,18-20H2,1-2H3,(H-,42,43)/p+1. The number of hydrogen-bond donors (Lipinski definition) is 2. The molecule has 7 rings (SSSR count). The SMILES string of the molecule is CCN1CCCc2cc3c(cc21)Oc1cc2c(cc1=C3c1ccc(OCCCCC(=O)On3c(O)ccc3O)cc1)CCC[N+]=2CC. The lowest BCUT2D eigenvalue weighted by molar-refractivity contribution is -0.145. The fraction of sp³-hybridized carbons (Fsp3) is 0.368. The van der Waals surface area contributed by atoms with Gasteiger partial charge < -0.3 is 29.4 Å². The summed E-state index contributed by atoms with van der Waals surface area (Å²) in [6.07, 6.45) is 5.77. The van der Waals surface area contributed by atoms with Crippen molar-refractivity contribution in [3.05, 3.63) is 93.5 Å². The van der Waals surface area contributed by atoms with Gasteiger partial charge in [-0.3, -0.25) is 0 Å². The highest BCUT2D eigenvalue weighted by Crippen LogP contribution is 2.42. The van der Waals surface area contributed by atoms with Crippen LogP contribution in [0, 0.1) is 0 Å². The number of aromatic nitrogens is 1. The number of aryl methyl sites for hydroxylation is 2. The van der Waals surface area contributed by atoms with Gasteiger partial charge in [-0.1, -0.05) is 12.1 Å². The zero-order valence-electron chi connectivity index (χ0n) is 27.1. The zero-order valence-corrected chi connectivity index (χ0v) is 27.1. The number of benzene rings is 3. The molecule has 47 heavy (non-hydrogen) atoms. The first kappa shape index (κ1) is 30.7. The first-order chi connectivity index (χ1) is 22.9. The van der Waals surface area contributed by atoms with Gasteiger partial charge in [-0.15, -0.1) is 4.73 Å². The van der Waals surface area contributed by atoms with Crippen LogP contribution in [0.2, 0.25) is 0 Å². The first-order valence-electron chi connectivity index (χ1n) is 16.9. The predicted octanol–water partition coefficient (Wildman–Crippen LogP) is 4.69. The van der Waals surface area contributed by atoms with Crippen molar-refractivity contribution in [1.29, 1.82) is 0 Å². The van der Waals surface area contributed by atoms with Gasteiger partial charge in [-0.25, -0.2) is 9.37 Å². The normalized spacial score (nSPS) is 14.9. The van der Waals surface area contributed by atoms with E-state index in [1.807, 2.05) is 12.1 Å². The Hall–Kier alpha value is -4.92. The molecule has 0 bridgehead atoms. The molecule has 0 amide bonds. The fourth-order valence-electron chi connectivity index (χ4n) is 7.09. The molecule has 3 aliphatic rings. The number of nitrogens with zero attached hydrogens (tertiary/aromatic N) is 3. The number of rotatable bonds is 10. The minimum atomic E-state index is -0.544. The van der Waals surface area contributed by atoms with Crippen molar-refractivity contribution in [3.8, 4) is 29.0 Å². The Morgan fingerprint density at radius 3 is 2.47 bits per heavy atom. The molecule has 0 fully saturated rings. The zero-order chi connectivity index (χ0) is 32.5. The summed E-state index contributed by atoms with van der Waals surface area (Å²) in [7, 11) is 0. The summed E-state index contributed by atoms with van der Waals surface area (Å²) in [4.78, 5) is 19.6. The second-order valence-electron chi connectivity index (χ2n) is 12.4. The molecule has 9 heteroatoms. The molecule has 0 saturated carbocycles. The van der Waals surface area contributed by atoms with Crippen molar-refractivity contribution in [3.63, 3.8) is 0 Å². The third-order valence-electron chi connectivity index (χ3n) is 9.49. The van der Waals surface area contributed by atoms with Gasteiger partial charge in [-0.2, -0.15) is 0 Å². The average molecular weight is 637 g/mol. The molecule has 3 aromatic carbocycles. The van der Waals surface area contributed by atoms with Crippen LogP contribution in [-0.2, 0) is 17.6 Å². The second kappa shape index (κ2) is 13.1. The number of carbonyl (C=O) groups is 1. The Balaban J connectivity index is 1.13. The van der Waals surface area contributed by atoms with E-state index in [9.17, 15) is 15.0 Å². The Labute approximate surface area is 274 Å². The highest BCUT2D eigenvalue weighted by atomic mass is 16.7. The summed E-state index contributed by atoms with van der Waals surface area (Å²) in [5, 5.41) is 21.7. The van der Waals surface area contributed by atoms with Crippen LogP contribution in [0.1, 0.15) is 68.2 Å². The Morgan fingerprint density at radius 2 is 1.70 bits per heavy atom. The molecule has 2 N–H and O–H groups in total. The largest absolute Gasteiger partial charge is 0.494 e. The number of hydrogen-bond acceptors (Lipinski definition) is 7. The van der Waals surface area contributed by atoms with E-state index in [0.29, 0.717) is 24.2 Å². The van der Waals surface area contributed by atoms with Crippen LogP contribution in [0.15, 0.2) is 60.7 Å². The van der Waals surface area contributed by atoms with Crippen LogP contribution in [0.5, 0.6) is 29.0 Å². The van der Waals surface area contributed by atoms with Crippen LogP contribution in [0.25, 0.3) is 5.57 Å². The molecule has 4 heterocycles. The van der Waals surface area contributed by atoms with Gasteiger partial charge in [0.1, 0.15) is 30.3 Å². The van der Waals surface area contributed by atoms with Gasteiger partial charge in [0.05, 0.1) is 12.7 Å². The molecule has 244 valence electrons. The van der Waals surface area contributed by atoms with Crippen molar-refractivity contribution >= 4 is 17.2 Å². The van der Waals surface area contributed by atoms with Gasteiger partial charge in [0, 0.05) is 71.7 Å². The lowest BCUT2D eigenvalue weighted by Crippen LogP contribution is -2.39. The van der Waals surface area contributed by atoms with Gasteiger partial charge in [0.2, 0.25) is 17.1 Å². The van der Waals surface area contributed by atoms with Gasteiger partial charge in [0.25, 0.3) is 0 Å². The minimum absolute atomic E-state index is 0.137. The summed E-state index contributed by atoms with van der Waals surface area (Å²) in [6.45, 7) is 8.98. The van der Waals surface area contributed by atoms with E-state index >= 15 is 0 Å². The van der Waals surface area contributed by atoms with Crippen molar-refractivity contribution in [2.75, 3.05) is 37.7 Å². The molecule has 0 radical (unpaired) electrons. The molecule has 0 aliphatic carbocycles. The summed E-state index contributed by atoms with van der Waals surface area (Å²) in [5.74, 6) is 1.37. The molecule has 4 aromatic rings. The predicted molar refractivity (Wildman–Crippen MR) is 180 cm³/mol. The van der Waals surface area contributed by atoms with E-state index in [0.717, 1.165) is 85.5 Å². The van der Waals surface area contributed by atoms with Crippen LogP contribution < -0.4 is 34.4 Å². The fourth-order valence-corrected chi connectivity index (χ4v) is 7.09. The Morgan fingerprint density at radius 1 is 0.915 bits per heavy atom. The van der Waals surface area contributed by atoms with Gasteiger partial charge >= 0.3 is 5.97 Å². The minimum Gasteiger partial charge on any atom is -0.494 e. The smallest absolute Gasteiger partial charge is 0.333 e. The number of ether oxygens (including phenoxy) is 2. The maximum atomic E-state index is 12.1. The molecule has 1 aromatic heterocycles. The highest BCUT2D eigenvalue weighted by molar-refractivity contribution is 5.87. The number of fused-ring (bicyclic) bond motifs is 4. The maximum absolute atomic E-state index is 12.1.